The molecule has 0 unspecified atom stereocenters. The average Bonchev–Trinajstić information content (AvgIpc) is 2.84. The van der Waals surface area contributed by atoms with Crippen LogP contribution in [-0.2, 0) is 13.0 Å². The fraction of sp³-hybridized carbons (Fsp3) is 0.235. The van der Waals surface area contributed by atoms with Crippen LogP contribution in [0.25, 0.3) is 0 Å². The highest BCUT2D eigenvalue weighted by Gasteiger charge is 2.21. The summed E-state index contributed by atoms with van der Waals surface area (Å²) in [6, 6.07) is 11.4. The van der Waals surface area contributed by atoms with Crippen molar-refractivity contribution < 1.29 is 9.90 Å². The Labute approximate surface area is 128 Å². The molecule has 0 radical (unpaired) electrons. The molecule has 0 spiro atoms. The van der Waals surface area contributed by atoms with Crippen molar-refractivity contribution in [2.75, 3.05) is 11.4 Å². The lowest BCUT2D eigenvalue weighted by molar-refractivity contribution is 0.0697. The Morgan fingerprint density at radius 3 is 2.81 bits per heavy atom. The number of benzene rings is 2. The zero-order valence-electron chi connectivity index (χ0n) is 11.8. The maximum Gasteiger partial charge on any atom is 0.335 e. The van der Waals surface area contributed by atoms with Gasteiger partial charge in [-0.1, -0.05) is 23.7 Å². The van der Waals surface area contributed by atoms with Gasteiger partial charge < -0.3 is 10.0 Å². The number of nitrogens with zero attached hydrogens (tertiary/aromatic N) is 1. The molecule has 0 amide bonds. The van der Waals surface area contributed by atoms with Crippen LogP contribution in [0.4, 0.5) is 5.69 Å². The quantitative estimate of drug-likeness (QED) is 0.934. The Kier molecular flexibility index (Phi) is 3.60. The Hall–Kier alpha value is -2.00. The number of carboxylic acids is 1. The molecular weight excluding hydrogens is 286 g/mol. The molecule has 2 aromatic carbocycles. The van der Waals surface area contributed by atoms with E-state index in [0.29, 0.717) is 5.56 Å². The number of rotatable bonds is 3. The van der Waals surface area contributed by atoms with Gasteiger partial charge in [0.2, 0.25) is 0 Å². The van der Waals surface area contributed by atoms with Gasteiger partial charge in [-0.3, -0.25) is 0 Å². The molecular formula is C17H16ClNO2. The van der Waals surface area contributed by atoms with Gasteiger partial charge in [0, 0.05) is 23.8 Å². The second kappa shape index (κ2) is 5.41. The lowest BCUT2D eigenvalue weighted by Gasteiger charge is -2.20. The van der Waals surface area contributed by atoms with Crippen LogP contribution in [0.1, 0.15) is 27.0 Å². The van der Waals surface area contributed by atoms with Crippen molar-refractivity contribution >= 4 is 23.3 Å². The Morgan fingerprint density at radius 2 is 2.10 bits per heavy atom. The van der Waals surface area contributed by atoms with Crippen molar-refractivity contribution in [3.05, 3.63) is 63.7 Å². The Morgan fingerprint density at radius 1 is 1.29 bits per heavy atom. The summed E-state index contributed by atoms with van der Waals surface area (Å²) in [5.41, 5.74) is 4.80. The van der Waals surface area contributed by atoms with Crippen LogP contribution in [0.5, 0.6) is 0 Å². The van der Waals surface area contributed by atoms with Crippen LogP contribution < -0.4 is 4.90 Å². The minimum atomic E-state index is -0.877. The predicted molar refractivity (Wildman–Crippen MR) is 84.3 cm³/mol. The van der Waals surface area contributed by atoms with Gasteiger partial charge >= 0.3 is 5.97 Å². The fourth-order valence-electron chi connectivity index (χ4n) is 2.75. The lowest BCUT2D eigenvalue weighted by Crippen LogP contribution is -2.19. The number of halogens is 1. The highest BCUT2D eigenvalue weighted by molar-refractivity contribution is 6.31. The highest BCUT2D eigenvalue weighted by Crippen LogP contribution is 2.31. The predicted octanol–water partition coefficient (Wildman–Crippen LogP) is 3.91. The molecule has 1 aliphatic heterocycles. The van der Waals surface area contributed by atoms with Crippen molar-refractivity contribution in [1.82, 2.24) is 0 Å². The number of carbonyl (C=O) groups is 1. The second-order valence-electron chi connectivity index (χ2n) is 5.42. The van der Waals surface area contributed by atoms with E-state index in [1.807, 2.05) is 19.1 Å². The molecule has 1 N–H and O–H groups in total. The number of carboxylic acid groups (broad SMARTS) is 1. The van der Waals surface area contributed by atoms with E-state index in [1.165, 1.54) is 0 Å². The van der Waals surface area contributed by atoms with Crippen molar-refractivity contribution in [2.45, 2.75) is 19.9 Å². The third-order valence-electron chi connectivity index (χ3n) is 3.89. The van der Waals surface area contributed by atoms with E-state index in [9.17, 15) is 4.79 Å². The van der Waals surface area contributed by atoms with Crippen molar-refractivity contribution in [2.24, 2.45) is 0 Å². The zero-order chi connectivity index (χ0) is 15.0. The number of hydrogen-bond donors (Lipinski definition) is 1. The molecule has 0 fully saturated rings. The summed E-state index contributed by atoms with van der Waals surface area (Å²) in [5.74, 6) is -0.877. The van der Waals surface area contributed by atoms with Gasteiger partial charge in [0.05, 0.1) is 5.56 Å². The zero-order valence-corrected chi connectivity index (χ0v) is 12.5. The van der Waals surface area contributed by atoms with Gasteiger partial charge in [0.1, 0.15) is 0 Å². The summed E-state index contributed by atoms with van der Waals surface area (Å²) in [6.45, 7) is 3.66. The van der Waals surface area contributed by atoms with Gasteiger partial charge in [-0.25, -0.2) is 4.79 Å². The van der Waals surface area contributed by atoms with Gasteiger partial charge in [0.15, 0.2) is 0 Å². The fourth-order valence-corrected chi connectivity index (χ4v) is 3.05. The smallest absolute Gasteiger partial charge is 0.335 e. The van der Waals surface area contributed by atoms with Gasteiger partial charge in [0.25, 0.3) is 0 Å². The number of anilines is 1. The SMILES string of the molecule is Cc1ccc(CN2CCc3cc(C(=O)O)ccc32)c(Cl)c1. The molecule has 0 aromatic heterocycles. The summed E-state index contributed by atoms with van der Waals surface area (Å²) in [6.07, 6.45) is 0.875. The maximum absolute atomic E-state index is 11.0. The topological polar surface area (TPSA) is 40.5 Å². The third-order valence-corrected chi connectivity index (χ3v) is 4.24. The molecule has 3 nitrogen and oxygen atoms in total. The van der Waals surface area contributed by atoms with Crippen LogP contribution in [-0.4, -0.2) is 17.6 Å². The van der Waals surface area contributed by atoms with E-state index in [-0.39, 0.29) is 0 Å². The van der Waals surface area contributed by atoms with E-state index < -0.39 is 5.97 Å². The average molecular weight is 302 g/mol. The third kappa shape index (κ3) is 2.74. The molecule has 4 heteroatoms. The molecule has 0 saturated heterocycles. The Balaban J connectivity index is 1.86. The molecule has 21 heavy (non-hydrogen) atoms. The summed E-state index contributed by atoms with van der Waals surface area (Å²) in [7, 11) is 0. The molecule has 1 heterocycles. The first-order valence-electron chi connectivity index (χ1n) is 6.91. The first kappa shape index (κ1) is 14.0. The van der Waals surface area contributed by atoms with E-state index in [0.717, 1.165) is 46.9 Å². The summed E-state index contributed by atoms with van der Waals surface area (Å²) in [4.78, 5) is 13.3. The molecule has 0 saturated carbocycles. The van der Waals surface area contributed by atoms with Crippen LogP contribution in [0.3, 0.4) is 0 Å². The minimum Gasteiger partial charge on any atom is -0.478 e. The van der Waals surface area contributed by atoms with Crippen LogP contribution in [0.15, 0.2) is 36.4 Å². The first-order chi connectivity index (χ1) is 10.0. The molecule has 3 rings (SSSR count). The van der Waals surface area contributed by atoms with Crippen molar-refractivity contribution in [3.63, 3.8) is 0 Å². The van der Waals surface area contributed by atoms with Crippen LogP contribution >= 0.6 is 11.6 Å². The van der Waals surface area contributed by atoms with Gasteiger partial charge in [-0.2, -0.15) is 0 Å². The number of fused-ring (bicyclic) bond motifs is 1. The summed E-state index contributed by atoms with van der Waals surface area (Å²) < 4.78 is 0. The van der Waals surface area contributed by atoms with Gasteiger partial charge in [-0.15, -0.1) is 0 Å². The highest BCUT2D eigenvalue weighted by atomic mass is 35.5. The van der Waals surface area contributed by atoms with E-state index in [2.05, 4.69) is 17.0 Å². The molecule has 1 aliphatic rings. The number of aromatic carboxylic acids is 1. The van der Waals surface area contributed by atoms with E-state index in [1.54, 1.807) is 12.1 Å². The first-order valence-corrected chi connectivity index (χ1v) is 7.28. The second-order valence-corrected chi connectivity index (χ2v) is 5.82. The normalized spacial score (nSPS) is 13.3. The van der Waals surface area contributed by atoms with Gasteiger partial charge in [-0.05, 0) is 54.3 Å². The largest absolute Gasteiger partial charge is 0.478 e. The van der Waals surface area contributed by atoms with Crippen LogP contribution in [0.2, 0.25) is 5.02 Å². The van der Waals surface area contributed by atoms with Crippen LogP contribution in [0, 0.1) is 6.92 Å². The minimum absolute atomic E-state index is 0.351. The standard InChI is InChI=1S/C17H16ClNO2/c1-11-2-3-14(15(18)8-11)10-19-7-6-12-9-13(17(20)21)4-5-16(12)19/h2-5,8-9H,6-7,10H2,1H3,(H,20,21). The molecule has 0 atom stereocenters. The summed E-state index contributed by atoms with van der Waals surface area (Å²) >= 11 is 6.30. The van der Waals surface area contributed by atoms with E-state index >= 15 is 0 Å². The summed E-state index contributed by atoms with van der Waals surface area (Å²) in [5, 5.41) is 9.83. The number of hydrogen-bond acceptors (Lipinski definition) is 2. The van der Waals surface area contributed by atoms with E-state index in [4.69, 9.17) is 16.7 Å². The molecule has 2 aromatic rings. The molecule has 0 bridgehead atoms. The number of aryl methyl sites for hydroxylation is 1. The molecule has 0 aliphatic carbocycles. The lowest BCUT2D eigenvalue weighted by atomic mass is 10.1. The van der Waals surface area contributed by atoms with Crippen molar-refractivity contribution in [1.29, 1.82) is 0 Å². The van der Waals surface area contributed by atoms with Crippen molar-refractivity contribution in [3.8, 4) is 0 Å². The Bertz CT molecular complexity index is 712. The molecule has 108 valence electrons. The monoisotopic (exact) mass is 301 g/mol. The maximum atomic E-state index is 11.0.